The standard InChI is InChI=1S/C14H19NO2/c1-11(13-7-8-15-13)14(17-10-16)9-12-5-3-2-4-6-12/h2-6,10-11,13-15H,7-9H2,1H3. The molecule has 3 atom stereocenters. The molecule has 1 aromatic rings. The minimum Gasteiger partial charge on any atom is -0.464 e. The number of benzene rings is 1. The first-order chi connectivity index (χ1) is 8.31. The van der Waals surface area contributed by atoms with Crippen molar-refractivity contribution in [1.29, 1.82) is 0 Å². The number of hydrogen-bond acceptors (Lipinski definition) is 3. The molecule has 1 fully saturated rings. The van der Waals surface area contributed by atoms with Crippen molar-refractivity contribution in [2.75, 3.05) is 6.54 Å². The lowest BCUT2D eigenvalue weighted by atomic mass is 9.86. The van der Waals surface area contributed by atoms with Gasteiger partial charge in [0.2, 0.25) is 0 Å². The summed E-state index contributed by atoms with van der Waals surface area (Å²) in [5.41, 5.74) is 1.21. The van der Waals surface area contributed by atoms with Crippen LogP contribution in [0.2, 0.25) is 0 Å². The Bertz CT molecular complexity index is 348. The molecule has 0 spiro atoms. The fraction of sp³-hybridized carbons (Fsp3) is 0.500. The fourth-order valence-corrected chi connectivity index (χ4v) is 2.29. The van der Waals surface area contributed by atoms with Gasteiger partial charge in [-0.1, -0.05) is 37.3 Å². The van der Waals surface area contributed by atoms with Crippen LogP contribution in [0.3, 0.4) is 0 Å². The summed E-state index contributed by atoms with van der Waals surface area (Å²) in [4.78, 5) is 10.6. The number of nitrogens with one attached hydrogen (secondary N) is 1. The maximum atomic E-state index is 10.6. The van der Waals surface area contributed by atoms with Crippen LogP contribution in [0.4, 0.5) is 0 Å². The molecule has 0 radical (unpaired) electrons. The predicted octanol–water partition coefficient (Wildman–Crippen LogP) is 1.77. The van der Waals surface area contributed by atoms with E-state index in [1.807, 2.05) is 18.2 Å². The lowest BCUT2D eigenvalue weighted by molar-refractivity contribution is -0.136. The number of rotatable bonds is 6. The topological polar surface area (TPSA) is 38.3 Å². The zero-order valence-electron chi connectivity index (χ0n) is 10.1. The normalized spacial score (nSPS) is 22.3. The van der Waals surface area contributed by atoms with Crippen LogP contribution in [-0.2, 0) is 16.0 Å². The summed E-state index contributed by atoms with van der Waals surface area (Å²) in [5.74, 6) is 0.356. The first-order valence-electron chi connectivity index (χ1n) is 6.17. The van der Waals surface area contributed by atoms with Crippen molar-refractivity contribution in [3.63, 3.8) is 0 Å². The molecule has 1 aliphatic heterocycles. The maximum Gasteiger partial charge on any atom is 0.293 e. The molecule has 3 unspecified atom stereocenters. The Morgan fingerprint density at radius 3 is 2.71 bits per heavy atom. The molecule has 1 N–H and O–H groups in total. The minimum absolute atomic E-state index is 0.0345. The third-order valence-corrected chi connectivity index (χ3v) is 3.59. The second-order valence-electron chi connectivity index (χ2n) is 4.67. The molecule has 3 heteroatoms. The Balaban J connectivity index is 1.98. The predicted molar refractivity (Wildman–Crippen MR) is 66.7 cm³/mol. The molecule has 0 amide bonds. The fourth-order valence-electron chi connectivity index (χ4n) is 2.29. The first kappa shape index (κ1) is 12.1. The van der Waals surface area contributed by atoms with Crippen LogP contribution in [0.15, 0.2) is 30.3 Å². The van der Waals surface area contributed by atoms with E-state index in [9.17, 15) is 4.79 Å². The Morgan fingerprint density at radius 2 is 2.18 bits per heavy atom. The first-order valence-corrected chi connectivity index (χ1v) is 6.17. The lowest BCUT2D eigenvalue weighted by Crippen LogP contribution is -2.51. The van der Waals surface area contributed by atoms with Gasteiger partial charge in [-0.15, -0.1) is 0 Å². The SMILES string of the molecule is CC(C1CCN1)C(Cc1ccccc1)OC=O. The van der Waals surface area contributed by atoms with Crippen molar-refractivity contribution in [3.8, 4) is 0 Å². The molecule has 3 nitrogen and oxygen atoms in total. The van der Waals surface area contributed by atoms with E-state index in [4.69, 9.17) is 4.74 Å². The van der Waals surface area contributed by atoms with Gasteiger partial charge in [0.05, 0.1) is 0 Å². The van der Waals surface area contributed by atoms with Crippen LogP contribution >= 0.6 is 0 Å². The summed E-state index contributed by atoms with van der Waals surface area (Å²) in [6.07, 6.45) is 1.93. The Hall–Kier alpha value is -1.35. The quantitative estimate of drug-likeness (QED) is 0.761. The molecule has 1 aromatic carbocycles. The molecule has 0 aromatic heterocycles. The minimum atomic E-state index is -0.0345. The van der Waals surface area contributed by atoms with Crippen molar-refractivity contribution >= 4 is 6.47 Å². The maximum absolute atomic E-state index is 10.6. The van der Waals surface area contributed by atoms with Gasteiger partial charge < -0.3 is 10.1 Å². The summed E-state index contributed by atoms with van der Waals surface area (Å²) in [6.45, 7) is 3.80. The smallest absolute Gasteiger partial charge is 0.293 e. The third kappa shape index (κ3) is 3.07. The average molecular weight is 233 g/mol. The molecule has 0 aliphatic carbocycles. The summed E-state index contributed by atoms with van der Waals surface area (Å²) in [7, 11) is 0. The molecule has 17 heavy (non-hydrogen) atoms. The Morgan fingerprint density at radius 1 is 1.47 bits per heavy atom. The van der Waals surface area contributed by atoms with Crippen LogP contribution in [0.5, 0.6) is 0 Å². The molecular formula is C14H19NO2. The van der Waals surface area contributed by atoms with E-state index in [-0.39, 0.29) is 6.10 Å². The number of carbonyl (C=O) groups is 1. The van der Waals surface area contributed by atoms with Crippen LogP contribution in [-0.4, -0.2) is 25.2 Å². The van der Waals surface area contributed by atoms with Gasteiger partial charge in [-0.2, -0.15) is 0 Å². The van der Waals surface area contributed by atoms with Crippen LogP contribution < -0.4 is 5.32 Å². The molecule has 1 heterocycles. The van der Waals surface area contributed by atoms with E-state index in [0.717, 1.165) is 13.0 Å². The van der Waals surface area contributed by atoms with Crippen LogP contribution in [0.25, 0.3) is 0 Å². The van der Waals surface area contributed by atoms with E-state index in [0.29, 0.717) is 18.4 Å². The number of hydrogen-bond donors (Lipinski definition) is 1. The van der Waals surface area contributed by atoms with E-state index in [1.165, 1.54) is 12.0 Å². The van der Waals surface area contributed by atoms with E-state index < -0.39 is 0 Å². The highest BCUT2D eigenvalue weighted by Crippen LogP contribution is 2.22. The number of carbonyl (C=O) groups excluding carboxylic acids is 1. The summed E-state index contributed by atoms with van der Waals surface area (Å²) < 4.78 is 5.24. The van der Waals surface area contributed by atoms with Gasteiger partial charge in [0.15, 0.2) is 0 Å². The van der Waals surface area contributed by atoms with E-state index >= 15 is 0 Å². The molecule has 0 bridgehead atoms. The van der Waals surface area contributed by atoms with Gasteiger partial charge in [-0.3, -0.25) is 4.79 Å². The molecule has 92 valence electrons. The average Bonchev–Trinajstić information content (AvgIpc) is 2.27. The van der Waals surface area contributed by atoms with Crippen molar-refractivity contribution in [3.05, 3.63) is 35.9 Å². The zero-order valence-corrected chi connectivity index (χ0v) is 10.1. The van der Waals surface area contributed by atoms with Crippen molar-refractivity contribution < 1.29 is 9.53 Å². The highest BCUT2D eigenvalue weighted by molar-refractivity contribution is 5.37. The van der Waals surface area contributed by atoms with Crippen molar-refractivity contribution in [1.82, 2.24) is 5.32 Å². The van der Waals surface area contributed by atoms with Crippen LogP contribution in [0.1, 0.15) is 18.9 Å². The zero-order chi connectivity index (χ0) is 12.1. The molecule has 1 saturated heterocycles. The highest BCUT2D eigenvalue weighted by Gasteiger charge is 2.30. The monoisotopic (exact) mass is 233 g/mol. The van der Waals surface area contributed by atoms with Gasteiger partial charge in [-0.25, -0.2) is 0 Å². The number of ether oxygens (including phenoxy) is 1. The summed E-state index contributed by atoms with van der Waals surface area (Å²) >= 11 is 0. The second kappa shape index (κ2) is 5.82. The molecular weight excluding hydrogens is 214 g/mol. The summed E-state index contributed by atoms with van der Waals surface area (Å²) in [5, 5.41) is 3.37. The third-order valence-electron chi connectivity index (χ3n) is 3.59. The molecule has 0 saturated carbocycles. The summed E-state index contributed by atoms with van der Waals surface area (Å²) in [6, 6.07) is 10.7. The van der Waals surface area contributed by atoms with Gasteiger partial charge in [0.1, 0.15) is 6.10 Å². The van der Waals surface area contributed by atoms with Gasteiger partial charge in [0.25, 0.3) is 6.47 Å². The van der Waals surface area contributed by atoms with Crippen LogP contribution in [0, 0.1) is 5.92 Å². The van der Waals surface area contributed by atoms with Gasteiger partial charge in [0, 0.05) is 18.4 Å². The largest absolute Gasteiger partial charge is 0.464 e. The van der Waals surface area contributed by atoms with Crippen molar-refractivity contribution in [2.24, 2.45) is 5.92 Å². The van der Waals surface area contributed by atoms with Crippen molar-refractivity contribution in [2.45, 2.75) is 31.9 Å². The molecule has 2 rings (SSSR count). The molecule has 1 aliphatic rings. The second-order valence-corrected chi connectivity index (χ2v) is 4.67. The van der Waals surface area contributed by atoms with E-state index in [1.54, 1.807) is 0 Å². The van der Waals surface area contributed by atoms with E-state index in [2.05, 4.69) is 24.4 Å². The van der Waals surface area contributed by atoms with Gasteiger partial charge >= 0.3 is 0 Å². The lowest BCUT2D eigenvalue weighted by Gasteiger charge is -2.36. The highest BCUT2D eigenvalue weighted by atomic mass is 16.5. The Kier molecular flexibility index (Phi) is 4.15. The van der Waals surface area contributed by atoms with Gasteiger partial charge in [-0.05, 0) is 18.5 Å². The Labute approximate surface area is 102 Å².